The zero-order chi connectivity index (χ0) is 15.1. The Bertz CT molecular complexity index is 424. The van der Waals surface area contributed by atoms with Crippen molar-refractivity contribution in [2.45, 2.75) is 24.4 Å². The van der Waals surface area contributed by atoms with Crippen LogP contribution in [0.2, 0.25) is 0 Å². The van der Waals surface area contributed by atoms with E-state index < -0.39 is 35.6 Å². The van der Waals surface area contributed by atoms with Gasteiger partial charge in [0.05, 0.1) is 5.56 Å². The van der Waals surface area contributed by atoms with Gasteiger partial charge in [-0.2, -0.15) is 39.5 Å². The van der Waals surface area contributed by atoms with Gasteiger partial charge in [0.1, 0.15) is 0 Å². The van der Waals surface area contributed by atoms with E-state index in [0.717, 1.165) is 6.07 Å². The molecule has 108 valence electrons. The standard InChI is InChI=1S/C10H5F9/c11-8(12,13)6-4-2-1-3-5(6)7(9(14,15)16)10(17,18)19/h1-4,7H. The molecule has 0 amide bonds. The lowest BCUT2D eigenvalue weighted by molar-refractivity contribution is -0.254. The molecule has 9 heteroatoms. The van der Waals surface area contributed by atoms with Crippen molar-refractivity contribution in [1.29, 1.82) is 0 Å². The molecule has 0 aliphatic heterocycles. The molecule has 0 unspecified atom stereocenters. The highest BCUT2D eigenvalue weighted by atomic mass is 19.4. The lowest BCUT2D eigenvalue weighted by Gasteiger charge is -2.25. The molecule has 0 bridgehead atoms. The Hall–Kier alpha value is -1.41. The molecule has 0 heterocycles. The highest BCUT2D eigenvalue weighted by molar-refractivity contribution is 5.34. The summed E-state index contributed by atoms with van der Waals surface area (Å²) >= 11 is 0. The Morgan fingerprint density at radius 2 is 1.11 bits per heavy atom. The maximum absolute atomic E-state index is 12.5. The molecule has 0 radical (unpaired) electrons. The molecule has 0 aromatic heterocycles. The Labute approximate surface area is 100 Å². The molecule has 0 aliphatic rings. The fourth-order valence-electron chi connectivity index (χ4n) is 1.55. The lowest BCUT2D eigenvalue weighted by Crippen LogP contribution is -2.35. The van der Waals surface area contributed by atoms with E-state index in [2.05, 4.69) is 0 Å². The van der Waals surface area contributed by atoms with Crippen LogP contribution in [-0.4, -0.2) is 12.4 Å². The first kappa shape index (κ1) is 15.6. The van der Waals surface area contributed by atoms with Gasteiger partial charge in [0.2, 0.25) is 0 Å². The molecule has 1 aromatic carbocycles. The molecule has 1 rings (SSSR count). The fourth-order valence-corrected chi connectivity index (χ4v) is 1.55. The monoisotopic (exact) mass is 296 g/mol. The van der Waals surface area contributed by atoms with Crippen LogP contribution < -0.4 is 0 Å². The normalized spacial score (nSPS) is 14.0. The third kappa shape index (κ3) is 3.54. The van der Waals surface area contributed by atoms with Crippen molar-refractivity contribution >= 4 is 0 Å². The van der Waals surface area contributed by atoms with Crippen molar-refractivity contribution in [2.75, 3.05) is 0 Å². The van der Waals surface area contributed by atoms with Gasteiger partial charge in [-0.15, -0.1) is 0 Å². The molecule has 0 aliphatic carbocycles. The smallest absolute Gasteiger partial charge is 0.170 e. The van der Waals surface area contributed by atoms with Crippen LogP contribution in [0.1, 0.15) is 17.0 Å². The van der Waals surface area contributed by atoms with E-state index in [-0.39, 0.29) is 12.1 Å². The maximum atomic E-state index is 12.5. The van der Waals surface area contributed by atoms with Crippen molar-refractivity contribution in [3.8, 4) is 0 Å². The first-order valence-electron chi connectivity index (χ1n) is 4.64. The number of hydrogen-bond acceptors (Lipinski definition) is 0. The molecule has 0 fully saturated rings. The molecule has 1 aromatic rings. The minimum atomic E-state index is -5.86. The number of alkyl halides is 9. The quantitative estimate of drug-likeness (QED) is 0.646. The van der Waals surface area contributed by atoms with Crippen molar-refractivity contribution in [2.24, 2.45) is 0 Å². The van der Waals surface area contributed by atoms with Gasteiger partial charge in [-0.25, -0.2) is 0 Å². The van der Waals surface area contributed by atoms with E-state index in [9.17, 15) is 39.5 Å². The van der Waals surface area contributed by atoms with Crippen molar-refractivity contribution < 1.29 is 39.5 Å². The Morgan fingerprint density at radius 3 is 1.47 bits per heavy atom. The Balaban J connectivity index is 3.50. The fraction of sp³-hybridized carbons (Fsp3) is 0.400. The van der Waals surface area contributed by atoms with Crippen molar-refractivity contribution in [1.82, 2.24) is 0 Å². The third-order valence-electron chi connectivity index (χ3n) is 2.23. The maximum Gasteiger partial charge on any atom is 0.416 e. The van der Waals surface area contributed by atoms with E-state index in [4.69, 9.17) is 0 Å². The van der Waals surface area contributed by atoms with Gasteiger partial charge in [-0.05, 0) is 11.6 Å². The van der Waals surface area contributed by atoms with Crippen LogP contribution in [0, 0.1) is 0 Å². The predicted molar refractivity (Wildman–Crippen MR) is 46.3 cm³/mol. The number of benzene rings is 1. The molecule has 0 saturated heterocycles. The summed E-state index contributed by atoms with van der Waals surface area (Å²) in [4.78, 5) is 0. The summed E-state index contributed by atoms with van der Waals surface area (Å²) in [5.74, 6) is -4.17. The number of rotatable bonds is 1. The molecular weight excluding hydrogens is 291 g/mol. The highest BCUT2D eigenvalue weighted by Crippen LogP contribution is 2.49. The van der Waals surface area contributed by atoms with Gasteiger partial charge >= 0.3 is 18.5 Å². The van der Waals surface area contributed by atoms with E-state index in [1.54, 1.807) is 0 Å². The second-order valence-electron chi connectivity index (χ2n) is 3.60. The number of halogens is 9. The van der Waals surface area contributed by atoms with Gasteiger partial charge in [0, 0.05) is 0 Å². The Kier molecular flexibility index (Phi) is 3.79. The van der Waals surface area contributed by atoms with Crippen LogP contribution in [0.25, 0.3) is 0 Å². The molecule has 19 heavy (non-hydrogen) atoms. The van der Waals surface area contributed by atoms with Gasteiger partial charge < -0.3 is 0 Å². The van der Waals surface area contributed by atoms with E-state index in [1.165, 1.54) is 0 Å². The van der Waals surface area contributed by atoms with Crippen molar-refractivity contribution in [3.63, 3.8) is 0 Å². The van der Waals surface area contributed by atoms with Crippen LogP contribution in [0.5, 0.6) is 0 Å². The molecule has 0 spiro atoms. The van der Waals surface area contributed by atoms with Gasteiger partial charge in [-0.3, -0.25) is 0 Å². The summed E-state index contributed by atoms with van der Waals surface area (Å²) in [6, 6.07) is 1.76. The molecule has 0 atom stereocenters. The third-order valence-corrected chi connectivity index (χ3v) is 2.23. The topological polar surface area (TPSA) is 0 Å². The SMILES string of the molecule is FC(F)(F)c1ccccc1C(C(F)(F)F)C(F)(F)F. The first-order chi connectivity index (χ1) is 8.35. The zero-order valence-electron chi connectivity index (χ0n) is 8.79. The summed E-state index contributed by atoms with van der Waals surface area (Å²) in [5, 5.41) is 0. The van der Waals surface area contributed by atoms with Crippen LogP contribution >= 0.6 is 0 Å². The van der Waals surface area contributed by atoms with Crippen LogP contribution in [0.15, 0.2) is 24.3 Å². The average molecular weight is 296 g/mol. The number of hydrogen-bond donors (Lipinski definition) is 0. The van der Waals surface area contributed by atoms with E-state index >= 15 is 0 Å². The zero-order valence-corrected chi connectivity index (χ0v) is 8.79. The first-order valence-corrected chi connectivity index (χ1v) is 4.64. The average Bonchev–Trinajstić information content (AvgIpc) is 2.11. The van der Waals surface area contributed by atoms with Gasteiger partial charge in [0.25, 0.3) is 0 Å². The van der Waals surface area contributed by atoms with Crippen LogP contribution in [-0.2, 0) is 6.18 Å². The van der Waals surface area contributed by atoms with Crippen LogP contribution in [0.3, 0.4) is 0 Å². The lowest BCUT2D eigenvalue weighted by atomic mass is 9.92. The van der Waals surface area contributed by atoms with E-state index in [1.807, 2.05) is 0 Å². The molecular formula is C10H5F9. The van der Waals surface area contributed by atoms with Gasteiger partial charge in [-0.1, -0.05) is 18.2 Å². The predicted octanol–water partition coefficient (Wildman–Crippen LogP) is 4.91. The highest BCUT2D eigenvalue weighted by Gasteiger charge is 2.59. The van der Waals surface area contributed by atoms with Crippen LogP contribution in [0.4, 0.5) is 39.5 Å². The molecule has 0 nitrogen and oxygen atoms in total. The van der Waals surface area contributed by atoms with E-state index in [0.29, 0.717) is 6.07 Å². The summed E-state index contributed by atoms with van der Waals surface area (Å²) in [5.41, 5.74) is -3.80. The Morgan fingerprint density at radius 1 is 0.684 bits per heavy atom. The van der Waals surface area contributed by atoms with Crippen molar-refractivity contribution in [3.05, 3.63) is 35.4 Å². The molecule has 0 saturated carbocycles. The summed E-state index contributed by atoms with van der Waals surface area (Å²) in [7, 11) is 0. The second kappa shape index (κ2) is 4.61. The minimum Gasteiger partial charge on any atom is -0.170 e. The van der Waals surface area contributed by atoms with Gasteiger partial charge in [0.15, 0.2) is 5.92 Å². The summed E-state index contributed by atoms with van der Waals surface area (Å²) in [6.07, 6.45) is -17.0. The molecule has 0 N–H and O–H groups in total. The summed E-state index contributed by atoms with van der Waals surface area (Å²) < 4.78 is 112. The summed E-state index contributed by atoms with van der Waals surface area (Å²) in [6.45, 7) is 0. The second-order valence-corrected chi connectivity index (χ2v) is 3.60. The minimum absolute atomic E-state index is 0.175. The largest absolute Gasteiger partial charge is 0.416 e.